The normalized spacial score (nSPS) is 23.2. The van der Waals surface area contributed by atoms with E-state index in [0.29, 0.717) is 50.7 Å². The van der Waals surface area contributed by atoms with Crippen LogP contribution in [-0.2, 0) is 19.6 Å². The van der Waals surface area contributed by atoms with Crippen molar-refractivity contribution in [2.24, 2.45) is 0 Å². The topological polar surface area (TPSA) is 66.9 Å². The summed E-state index contributed by atoms with van der Waals surface area (Å²) in [6.45, 7) is 2.41. The van der Waals surface area contributed by atoms with Gasteiger partial charge in [0.25, 0.3) is 0 Å². The summed E-state index contributed by atoms with van der Waals surface area (Å²) in [5.41, 5.74) is 0. The Labute approximate surface area is 141 Å². The highest BCUT2D eigenvalue weighted by molar-refractivity contribution is 7.89. The lowest BCUT2D eigenvalue weighted by Gasteiger charge is -2.32. The van der Waals surface area contributed by atoms with E-state index >= 15 is 0 Å². The zero-order chi connectivity index (χ0) is 16.4. The molecular formula is C15H19ClN2O4S. The molecule has 2 aliphatic rings. The monoisotopic (exact) mass is 358 g/mol. The van der Waals surface area contributed by atoms with Crippen LogP contribution in [0.2, 0.25) is 5.02 Å². The number of hydrogen-bond donors (Lipinski definition) is 0. The van der Waals surface area contributed by atoms with Crippen LogP contribution in [0.5, 0.6) is 0 Å². The second-order valence-corrected chi connectivity index (χ2v) is 7.99. The van der Waals surface area contributed by atoms with Crippen molar-refractivity contribution < 1.29 is 17.9 Å². The molecule has 0 saturated carbocycles. The van der Waals surface area contributed by atoms with Crippen molar-refractivity contribution >= 4 is 27.5 Å². The summed E-state index contributed by atoms with van der Waals surface area (Å²) in [5, 5.41) is 0.478. The number of morpholine rings is 1. The number of sulfonamides is 1. The molecule has 2 fully saturated rings. The van der Waals surface area contributed by atoms with E-state index in [-0.39, 0.29) is 10.8 Å². The molecule has 2 heterocycles. The van der Waals surface area contributed by atoms with Gasteiger partial charge < -0.3 is 9.64 Å². The molecule has 0 aliphatic carbocycles. The van der Waals surface area contributed by atoms with Crippen molar-refractivity contribution in [2.75, 3.05) is 32.8 Å². The van der Waals surface area contributed by atoms with E-state index in [4.69, 9.17) is 16.3 Å². The molecule has 6 nitrogen and oxygen atoms in total. The molecule has 0 aromatic heterocycles. The van der Waals surface area contributed by atoms with Gasteiger partial charge in [0.15, 0.2) is 0 Å². The molecule has 1 aromatic rings. The maximum absolute atomic E-state index is 12.8. The van der Waals surface area contributed by atoms with Crippen LogP contribution < -0.4 is 0 Å². The first-order valence-corrected chi connectivity index (χ1v) is 9.46. The minimum atomic E-state index is -3.69. The minimum absolute atomic E-state index is 0.122. The standard InChI is InChI=1S/C15H19ClN2O4S/c16-12-3-5-13(6-4-12)23(20,21)18-7-1-2-14(18)15(19)17-8-10-22-11-9-17/h3-6,14H,1-2,7-11H2/t14-/m0/s1. The molecule has 0 N–H and O–H groups in total. The summed E-state index contributed by atoms with van der Waals surface area (Å²) in [4.78, 5) is 14.6. The number of benzene rings is 1. The Kier molecular flexibility index (Phi) is 4.91. The van der Waals surface area contributed by atoms with Crippen LogP contribution in [0.3, 0.4) is 0 Å². The molecule has 0 spiro atoms. The van der Waals surface area contributed by atoms with Gasteiger partial charge in [-0.1, -0.05) is 11.6 Å². The maximum atomic E-state index is 12.8. The predicted molar refractivity (Wildman–Crippen MR) is 85.8 cm³/mol. The van der Waals surface area contributed by atoms with E-state index in [1.807, 2.05) is 0 Å². The number of hydrogen-bond acceptors (Lipinski definition) is 4. The second-order valence-electron chi connectivity index (χ2n) is 5.67. The molecule has 3 rings (SSSR count). The lowest BCUT2D eigenvalue weighted by atomic mass is 10.2. The van der Waals surface area contributed by atoms with Gasteiger partial charge in [-0.15, -0.1) is 0 Å². The number of carbonyl (C=O) groups is 1. The molecule has 1 aromatic carbocycles. The summed E-state index contributed by atoms with van der Waals surface area (Å²) in [5.74, 6) is -0.122. The first kappa shape index (κ1) is 16.7. The fourth-order valence-corrected chi connectivity index (χ4v) is 4.79. The highest BCUT2D eigenvalue weighted by atomic mass is 35.5. The van der Waals surface area contributed by atoms with Gasteiger partial charge in [-0.2, -0.15) is 4.31 Å². The number of rotatable bonds is 3. The largest absolute Gasteiger partial charge is 0.378 e. The van der Waals surface area contributed by atoms with Gasteiger partial charge in [0, 0.05) is 24.7 Å². The predicted octanol–water partition coefficient (Wildman–Crippen LogP) is 1.35. The first-order chi connectivity index (χ1) is 11.0. The van der Waals surface area contributed by atoms with Crippen LogP contribution in [0.25, 0.3) is 0 Å². The molecule has 2 aliphatic heterocycles. The number of halogens is 1. The summed E-state index contributed by atoms with van der Waals surface area (Å²) < 4.78 is 32.2. The van der Waals surface area contributed by atoms with Crippen LogP contribution in [0.15, 0.2) is 29.2 Å². The van der Waals surface area contributed by atoms with E-state index < -0.39 is 16.1 Å². The zero-order valence-electron chi connectivity index (χ0n) is 12.7. The molecule has 8 heteroatoms. The molecule has 0 unspecified atom stereocenters. The van der Waals surface area contributed by atoms with E-state index in [1.165, 1.54) is 16.4 Å². The van der Waals surface area contributed by atoms with Crippen molar-refractivity contribution in [3.05, 3.63) is 29.3 Å². The molecular weight excluding hydrogens is 340 g/mol. The Bertz CT molecular complexity index is 671. The van der Waals surface area contributed by atoms with Gasteiger partial charge in [-0.3, -0.25) is 4.79 Å². The summed E-state index contributed by atoms with van der Waals surface area (Å²) >= 11 is 5.82. The molecule has 0 bridgehead atoms. The third-order valence-corrected chi connectivity index (χ3v) is 6.41. The van der Waals surface area contributed by atoms with Crippen molar-refractivity contribution in [1.82, 2.24) is 9.21 Å². The van der Waals surface area contributed by atoms with Crippen LogP contribution in [0, 0.1) is 0 Å². The summed E-state index contributed by atoms with van der Waals surface area (Å²) in [6.07, 6.45) is 1.25. The van der Waals surface area contributed by atoms with E-state index in [9.17, 15) is 13.2 Å². The quantitative estimate of drug-likeness (QED) is 0.818. The van der Waals surface area contributed by atoms with E-state index in [0.717, 1.165) is 0 Å². The number of ether oxygens (including phenoxy) is 1. The average molecular weight is 359 g/mol. The molecule has 126 valence electrons. The van der Waals surface area contributed by atoms with Gasteiger partial charge in [-0.05, 0) is 37.1 Å². The Morgan fingerprint density at radius 1 is 1.13 bits per heavy atom. The van der Waals surface area contributed by atoms with Crippen LogP contribution in [0.4, 0.5) is 0 Å². The fourth-order valence-electron chi connectivity index (χ4n) is 3.01. The number of nitrogens with zero attached hydrogens (tertiary/aromatic N) is 2. The van der Waals surface area contributed by atoms with Gasteiger partial charge in [0.05, 0.1) is 18.1 Å². The average Bonchev–Trinajstić information content (AvgIpc) is 3.06. The van der Waals surface area contributed by atoms with Gasteiger partial charge in [0.2, 0.25) is 15.9 Å². The van der Waals surface area contributed by atoms with Crippen molar-refractivity contribution in [3.63, 3.8) is 0 Å². The van der Waals surface area contributed by atoms with Gasteiger partial charge >= 0.3 is 0 Å². The van der Waals surface area contributed by atoms with Crippen molar-refractivity contribution in [2.45, 2.75) is 23.8 Å². The van der Waals surface area contributed by atoms with Gasteiger partial charge in [-0.25, -0.2) is 8.42 Å². The second kappa shape index (κ2) is 6.76. The Hall–Kier alpha value is -1.15. The Morgan fingerprint density at radius 3 is 2.43 bits per heavy atom. The fraction of sp³-hybridized carbons (Fsp3) is 0.533. The minimum Gasteiger partial charge on any atom is -0.378 e. The number of carbonyl (C=O) groups excluding carboxylic acids is 1. The van der Waals surface area contributed by atoms with Crippen molar-refractivity contribution in [1.29, 1.82) is 0 Å². The lowest BCUT2D eigenvalue weighted by molar-refractivity contribution is -0.138. The zero-order valence-corrected chi connectivity index (χ0v) is 14.2. The van der Waals surface area contributed by atoms with Crippen LogP contribution in [0.1, 0.15) is 12.8 Å². The smallest absolute Gasteiger partial charge is 0.243 e. The van der Waals surface area contributed by atoms with E-state index in [1.54, 1.807) is 17.0 Å². The van der Waals surface area contributed by atoms with Crippen LogP contribution in [-0.4, -0.2) is 62.4 Å². The Morgan fingerprint density at radius 2 is 1.78 bits per heavy atom. The van der Waals surface area contributed by atoms with Crippen molar-refractivity contribution in [3.8, 4) is 0 Å². The number of amides is 1. The highest BCUT2D eigenvalue weighted by Gasteiger charge is 2.41. The summed E-state index contributed by atoms with van der Waals surface area (Å²) in [7, 11) is -3.69. The maximum Gasteiger partial charge on any atom is 0.243 e. The highest BCUT2D eigenvalue weighted by Crippen LogP contribution is 2.28. The lowest BCUT2D eigenvalue weighted by Crippen LogP contribution is -2.50. The SMILES string of the molecule is O=C([C@@H]1CCCN1S(=O)(=O)c1ccc(Cl)cc1)N1CCOCC1. The molecule has 2 saturated heterocycles. The third kappa shape index (κ3) is 3.38. The molecule has 1 atom stereocenters. The molecule has 1 amide bonds. The molecule has 23 heavy (non-hydrogen) atoms. The molecule has 0 radical (unpaired) electrons. The summed E-state index contributed by atoms with van der Waals surface area (Å²) in [6, 6.07) is 5.43. The Balaban J connectivity index is 1.82. The third-order valence-electron chi connectivity index (χ3n) is 4.23. The van der Waals surface area contributed by atoms with E-state index in [2.05, 4.69) is 0 Å². The van der Waals surface area contributed by atoms with Gasteiger partial charge in [0.1, 0.15) is 6.04 Å². The first-order valence-electron chi connectivity index (χ1n) is 7.64. The van der Waals surface area contributed by atoms with Crippen LogP contribution >= 0.6 is 11.6 Å².